The highest BCUT2D eigenvalue weighted by atomic mass is 127. The fraction of sp³-hybridized carbons (Fsp3) is 0.300. The molecule has 0 aliphatic rings. The van der Waals surface area contributed by atoms with E-state index in [4.69, 9.17) is 0 Å². The Balaban J connectivity index is 3.19. The van der Waals surface area contributed by atoms with E-state index in [-0.39, 0.29) is 33.4 Å². The number of ketones is 1. The second kappa shape index (κ2) is 5.33. The quantitative estimate of drug-likeness (QED) is 0.482. The molecule has 0 radical (unpaired) electrons. The smallest absolute Gasteiger partial charge is 0.274 e. The van der Waals surface area contributed by atoms with Gasteiger partial charge in [0, 0.05) is 24.5 Å². The highest BCUT2D eigenvalue weighted by Gasteiger charge is 2.18. The number of rotatable bonds is 4. The molecule has 0 saturated carbocycles. The van der Waals surface area contributed by atoms with Gasteiger partial charge in [-0.15, -0.1) is 0 Å². The standard InChI is InChI=1S/C10H9FINO3/c1-2-7(14)3-6-4-8(11)9(12)5-10(6)13(15)16/h4-5H,2-3H2,1H3. The largest absolute Gasteiger partial charge is 0.299 e. The summed E-state index contributed by atoms with van der Waals surface area (Å²) in [7, 11) is 0. The summed E-state index contributed by atoms with van der Waals surface area (Å²) in [4.78, 5) is 21.3. The summed E-state index contributed by atoms with van der Waals surface area (Å²) in [5.41, 5.74) is -0.0673. The summed E-state index contributed by atoms with van der Waals surface area (Å²) in [6.45, 7) is 1.66. The molecule has 1 aromatic rings. The van der Waals surface area contributed by atoms with Gasteiger partial charge in [-0.1, -0.05) is 6.92 Å². The van der Waals surface area contributed by atoms with Crippen molar-refractivity contribution >= 4 is 34.1 Å². The van der Waals surface area contributed by atoms with Gasteiger partial charge in [-0.05, 0) is 28.7 Å². The molecule has 0 N–H and O–H groups in total. The first kappa shape index (κ1) is 13.0. The molecule has 1 rings (SSSR count). The summed E-state index contributed by atoms with van der Waals surface area (Å²) in [5, 5.41) is 10.7. The van der Waals surface area contributed by atoms with Crippen molar-refractivity contribution in [2.45, 2.75) is 19.8 Å². The van der Waals surface area contributed by atoms with Crippen molar-refractivity contribution in [3.05, 3.63) is 37.2 Å². The Morgan fingerprint density at radius 2 is 2.19 bits per heavy atom. The highest BCUT2D eigenvalue weighted by Crippen LogP contribution is 2.24. The number of carbonyl (C=O) groups is 1. The molecular weight excluding hydrogens is 328 g/mol. The van der Waals surface area contributed by atoms with Crippen LogP contribution in [0.4, 0.5) is 10.1 Å². The van der Waals surface area contributed by atoms with E-state index in [9.17, 15) is 19.3 Å². The number of nitro benzene ring substituents is 1. The molecule has 0 aromatic heterocycles. The van der Waals surface area contributed by atoms with Crippen LogP contribution in [0.2, 0.25) is 0 Å². The van der Waals surface area contributed by atoms with Crippen molar-refractivity contribution in [2.24, 2.45) is 0 Å². The molecular formula is C10H9FINO3. The van der Waals surface area contributed by atoms with E-state index in [1.807, 2.05) is 0 Å². The Labute approximate surface area is 105 Å². The molecule has 0 aliphatic heterocycles. The van der Waals surface area contributed by atoms with Crippen LogP contribution < -0.4 is 0 Å². The predicted molar refractivity (Wildman–Crippen MR) is 64.8 cm³/mol. The molecule has 0 saturated heterocycles. The van der Waals surface area contributed by atoms with Gasteiger partial charge in [0.1, 0.15) is 11.6 Å². The molecule has 0 unspecified atom stereocenters. The maximum atomic E-state index is 13.2. The molecule has 0 atom stereocenters. The summed E-state index contributed by atoms with van der Waals surface area (Å²) < 4.78 is 13.4. The maximum Gasteiger partial charge on any atom is 0.274 e. The minimum atomic E-state index is -0.597. The second-order valence-electron chi connectivity index (χ2n) is 3.22. The minimum Gasteiger partial charge on any atom is -0.299 e. The fourth-order valence-corrected chi connectivity index (χ4v) is 1.68. The summed E-state index contributed by atoms with van der Waals surface area (Å²) in [6.07, 6.45) is 0.186. The Hall–Kier alpha value is -1.05. The number of carbonyl (C=O) groups excluding carboxylic acids is 1. The third kappa shape index (κ3) is 2.97. The molecule has 16 heavy (non-hydrogen) atoms. The average Bonchev–Trinajstić information content (AvgIpc) is 2.22. The van der Waals surface area contributed by atoms with Gasteiger partial charge in [-0.3, -0.25) is 14.9 Å². The van der Waals surface area contributed by atoms with Gasteiger partial charge in [0.25, 0.3) is 5.69 Å². The van der Waals surface area contributed by atoms with Crippen molar-refractivity contribution < 1.29 is 14.1 Å². The fourth-order valence-electron chi connectivity index (χ4n) is 1.23. The van der Waals surface area contributed by atoms with Gasteiger partial charge in [0.2, 0.25) is 0 Å². The summed E-state index contributed by atoms with van der Waals surface area (Å²) in [6, 6.07) is 2.21. The van der Waals surface area contributed by atoms with E-state index in [1.54, 1.807) is 29.5 Å². The lowest BCUT2D eigenvalue weighted by Crippen LogP contribution is -2.05. The maximum absolute atomic E-state index is 13.2. The lowest BCUT2D eigenvalue weighted by Gasteiger charge is -2.03. The van der Waals surface area contributed by atoms with Gasteiger partial charge < -0.3 is 0 Å². The van der Waals surface area contributed by atoms with Crippen LogP contribution in [-0.4, -0.2) is 10.7 Å². The molecule has 4 nitrogen and oxygen atoms in total. The SMILES string of the molecule is CCC(=O)Cc1cc(F)c(I)cc1[N+](=O)[O-]. The van der Waals surface area contributed by atoms with Crippen LogP contribution in [0, 0.1) is 19.5 Å². The van der Waals surface area contributed by atoms with Gasteiger partial charge >= 0.3 is 0 Å². The van der Waals surface area contributed by atoms with E-state index in [2.05, 4.69) is 0 Å². The summed E-state index contributed by atoms with van der Waals surface area (Å²) >= 11 is 1.68. The van der Waals surface area contributed by atoms with Crippen molar-refractivity contribution in [1.29, 1.82) is 0 Å². The predicted octanol–water partition coefficient (Wildman–Crippen LogP) is 2.86. The van der Waals surface area contributed by atoms with E-state index in [0.29, 0.717) is 0 Å². The molecule has 86 valence electrons. The molecule has 0 fully saturated rings. The lowest BCUT2D eigenvalue weighted by atomic mass is 10.1. The topological polar surface area (TPSA) is 60.2 Å². The molecule has 0 amide bonds. The van der Waals surface area contributed by atoms with Crippen LogP contribution in [0.3, 0.4) is 0 Å². The van der Waals surface area contributed by atoms with Crippen LogP contribution in [0.1, 0.15) is 18.9 Å². The Morgan fingerprint density at radius 1 is 1.56 bits per heavy atom. The number of hydrogen-bond acceptors (Lipinski definition) is 3. The highest BCUT2D eigenvalue weighted by molar-refractivity contribution is 14.1. The van der Waals surface area contributed by atoms with Crippen LogP contribution in [0.25, 0.3) is 0 Å². The first-order valence-electron chi connectivity index (χ1n) is 4.59. The zero-order valence-electron chi connectivity index (χ0n) is 8.50. The number of nitrogens with zero attached hydrogens (tertiary/aromatic N) is 1. The molecule has 6 heteroatoms. The molecule has 0 aliphatic carbocycles. The number of Topliss-reactive ketones (excluding diaryl/α,β-unsaturated/α-hetero) is 1. The zero-order chi connectivity index (χ0) is 12.3. The Bertz CT molecular complexity index is 448. The van der Waals surface area contributed by atoms with Crippen LogP contribution >= 0.6 is 22.6 Å². The lowest BCUT2D eigenvalue weighted by molar-refractivity contribution is -0.385. The van der Waals surface area contributed by atoms with Gasteiger partial charge in [-0.2, -0.15) is 0 Å². The van der Waals surface area contributed by atoms with Crippen LogP contribution in [0.15, 0.2) is 12.1 Å². The van der Waals surface area contributed by atoms with Crippen LogP contribution in [-0.2, 0) is 11.2 Å². The molecule has 0 heterocycles. The van der Waals surface area contributed by atoms with E-state index < -0.39 is 10.7 Å². The number of benzene rings is 1. The average molecular weight is 337 g/mol. The van der Waals surface area contributed by atoms with Gasteiger partial charge in [0.05, 0.1) is 8.49 Å². The first-order valence-corrected chi connectivity index (χ1v) is 5.67. The minimum absolute atomic E-state index is 0.0966. The number of hydrogen-bond donors (Lipinski definition) is 0. The van der Waals surface area contributed by atoms with Gasteiger partial charge in [0.15, 0.2) is 0 Å². The van der Waals surface area contributed by atoms with E-state index in [1.165, 1.54) is 0 Å². The van der Waals surface area contributed by atoms with Crippen molar-refractivity contribution in [2.75, 3.05) is 0 Å². The van der Waals surface area contributed by atoms with Crippen molar-refractivity contribution in [3.63, 3.8) is 0 Å². The Kier molecular flexibility index (Phi) is 4.34. The van der Waals surface area contributed by atoms with Gasteiger partial charge in [-0.25, -0.2) is 4.39 Å². The second-order valence-corrected chi connectivity index (χ2v) is 4.38. The molecule has 0 bridgehead atoms. The number of nitro groups is 1. The number of halogens is 2. The normalized spacial score (nSPS) is 10.2. The van der Waals surface area contributed by atoms with Crippen molar-refractivity contribution in [1.82, 2.24) is 0 Å². The third-order valence-electron chi connectivity index (χ3n) is 2.10. The third-order valence-corrected chi connectivity index (χ3v) is 2.93. The van der Waals surface area contributed by atoms with E-state index in [0.717, 1.165) is 12.1 Å². The monoisotopic (exact) mass is 337 g/mol. The zero-order valence-corrected chi connectivity index (χ0v) is 10.7. The van der Waals surface area contributed by atoms with E-state index >= 15 is 0 Å². The summed E-state index contributed by atoms with van der Waals surface area (Å²) in [5.74, 6) is -0.686. The van der Waals surface area contributed by atoms with Crippen molar-refractivity contribution in [3.8, 4) is 0 Å². The first-order chi connectivity index (χ1) is 7.45. The Morgan fingerprint density at radius 3 is 2.69 bits per heavy atom. The van der Waals surface area contributed by atoms with Crippen LogP contribution in [0.5, 0.6) is 0 Å². The molecule has 0 spiro atoms. The molecule has 1 aromatic carbocycles.